The molecule has 0 spiro atoms. The second-order valence-electron chi connectivity index (χ2n) is 4.63. The van der Waals surface area contributed by atoms with Crippen molar-refractivity contribution in [3.8, 4) is 0 Å². The first-order valence-corrected chi connectivity index (χ1v) is 6.56. The summed E-state index contributed by atoms with van der Waals surface area (Å²) in [5.41, 5.74) is 0. The summed E-state index contributed by atoms with van der Waals surface area (Å²) in [5, 5.41) is 11.6. The number of likely N-dealkylation sites (N-methyl/N-ethyl adjacent to an activating group) is 1. The van der Waals surface area contributed by atoms with E-state index in [1.54, 1.807) is 0 Å². The summed E-state index contributed by atoms with van der Waals surface area (Å²) in [4.78, 5) is 37.1. The van der Waals surface area contributed by atoms with Gasteiger partial charge in [-0.3, -0.25) is 4.79 Å². The fourth-order valence-electron chi connectivity index (χ4n) is 1.82. The molecule has 1 fully saturated rings. The second kappa shape index (κ2) is 7.68. The molecule has 0 aromatic rings. The molecule has 1 atom stereocenters. The number of amides is 3. The van der Waals surface area contributed by atoms with E-state index in [9.17, 15) is 14.4 Å². The van der Waals surface area contributed by atoms with E-state index < -0.39 is 12.1 Å². The number of nitrogens with one attached hydrogen (secondary N) is 1. The molecule has 0 radical (unpaired) electrons. The third kappa shape index (κ3) is 4.69. The molecule has 0 bridgehead atoms. The lowest BCUT2D eigenvalue weighted by molar-refractivity contribution is -0.154. The molecule has 1 unspecified atom stereocenters. The summed E-state index contributed by atoms with van der Waals surface area (Å²) in [6.07, 6.45) is -0.178. The fraction of sp³-hybridized carbons (Fsp3) is 0.750. The van der Waals surface area contributed by atoms with Crippen molar-refractivity contribution in [2.75, 3.05) is 39.8 Å². The summed E-state index contributed by atoms with van der Waals surface area (Å²) >= 11 is 0. The first-order chi connectivity index (χ1) is 9.45. The van der Waals surface area contributed by atoms with Crippen molar-refractivity contribution < 1.29 is 24.2 Å². The average Bonchev–Trinajstić information content (AvgIpc) is 2.44. The highest BCUT2D eigenvalue weighted by molar-refractivity contribution is 5.84. The van der Waals surface area contributed by atoms with Crippen molar-refractivity contribution in [1.82, 2.24) is 15.1 Å². The zero-order valence-corrected chi connectivity index (χ0v) is 11.8. The van der Waals surface area contributed by atoms with Crippen LogP contribution in [-0.4, -0.2) is 78.8 Å². The largest absolute Gasteiger partial charge is 0.479 e. The Hall–Kier alpha value is -1.83. The van der Waals surface area contributed by atoms with Crippen molar-refractivity contribution in [2.45, 2.75) is 19.4 Å². The lowest BCUT2D eigenvalue weighted by Crippen LogP contribution is -2.53. The summed E-state index contributed by atoms with van der Waals surface area (Å²) in [6.45, 7) is 2.96. The first-order valence-electron chi connectivity index (χ1n) is 6.56. The Morgan fingerprint density at radius 1 is 1.45 bits per heavy atom. The van der Waals surface area contributed by atoms with Crippen molar-refractivity contribution >= 4 is 17.9 Å². The smallest absolute Gasteiger partial charge is 0.334 e. The Bertz CT molecular complexity index is 374. The van der Waals surface area contributed by atoms with Crippen molar-refractivity contribution in [3.63, 3.8) is 0 Å². The van der Waals surface area contributed by atoms with E-state index in [1.807, 2.05) is 6.92 Å². The normalized spacial score (nSPS) is 18.5. The van der Waals surface area contributed by atoms with Gasteiger partial charge in [0, 0.05) is 20.1 Å². The van der Waals surface area contributed by atoms with Crippen LogP contribution < -0.4 is 5.32 Å². The standard InChI is InChI=1S/C12H21N3O5/c1-3-4-13-10(16)8-14(2)12(19)15-5-6-20-9(7-15)11(17)18/h9H,3-8H2,1-2H3,(H,13,16)(H,17,18). The van der Waals surface area contributed by atoms with Crippen LogP contribution in [0, 0.1) is 0 Å². The number of hydrogen-bond donors (Lipinski definition) is 2. The first kappa shape index (κ1) is 16.2. The molecule has 0 aliphatic carbocycles. The van der Waals surface area contributed by atoms with Gasteiger partial charge in [0.15, 0.2) is 6.10 Å². The van der Waals surface area contributed by atoms with Gasteiger partial charge < -0.3 is 25.0 Å². The molecule has 1 heterocycles. The zero-order chi connectivity index (χ0) is 15.1. The maximum atomic E-state index is 12.1. The zero-order valence-electron chi connectivity index (χ0n) is 11.8. The Labute approximate surface area is 117 Å². The molecule has 0 saturated carbocycles. The highest BCUT2D eigenvalue weighted by atomic mass is 16.5. The summed E-state index contributed by atoms with van der Waals surface area (Å²) in [6, 6.07) is -0.369. The van der Waals surface area contributed by atoms with E-state index in [4.69, 9.17) is 9.84 Å². The highest BCUT2D eigenvalue weighted by Crippen LogP contribution is 2.07. The summed E-state index contributed by atoms with van der Waals surface area (Å²) in [7, 11) is 1.51. The van der Waals surface area contributed by atoms with Crippen LogP contribution in [0.2, 0.25) is 0 Å². The monoisotopic (exact) mass is 287 g/mol. The van der Waals surface area contributed by atoms with E-state index in [-0.39, 0.29) is 31.6 Å². The number of carbonyl (C=O) groups excluding carboxylic acids is 2. The Morgan fingerprint density at radius 3 is 2.75 bits per heavy atom. The van der Waals surface area contributed by atoms with Gasteiger partial charge in [-0.15, -0.1) is 0 Å². The lowest BCUT2D eigenvalue weighted by Gasteiger charge is -2.33. The number of carboxylic acid groups (broad SMARTS) is 1. The quantitative estimate of drug-likeness (QED) is 0.700. The van der Waals surface area contributed by atoms with Gasteiger partial charge in [-0.1, -0.05) is 6.92 Å². The van der Waals surface area contributed by atoms with E-state index in [0.717, 1.165) is 6.42 Å². The van der Waals surface area contributed by atoms with Crippen LogP contribution in [0.25, 0.3) is 0 Å². The van der Waals surface area contributed by atoms with Crippen molar-refractivity contribution in [1.29, 1.82) is 0 Å². The van der Waals surface area contributed by atoms with Crippen LogP contribution in [0.1, 0.15) is 13.3 Å². The Kier molecular flexibility index (Phi) is 6.23. The van der Waals surface area contributed by atoms with Gasteiger partial charge in [0.25, 0.3) is 0 Å². The van der Waals surface area contributed by atoms with Gasteiger partial charge >= 0.3 is 12.0 Å². The number of nitrogens with zero attached hydrogens (tertiary/aromatic N) is 2. The number of rotatable bonds is 5. The van der Waals surface area contributed by atoms with E-state index in [0.29, 0.717) is 13.1 Å². The molecule has 1 aliphatic rings. The third-order valence-electron chi connectivity index (χ3n) is 2.89. The highest BCUT2D eigenvalue weighted by Gasteiger charge is 2.30. The Morgan fingerprint density at radius 2 is 2.15 bits per heavy atom. The second-order valence-corrected chi connectivity index (χ2v) is 4.63. The van der Waals surface area contributed by atoms with Gasteiger partial charge in [0.1, 0.15) is 6.54 Å². The van der Waals surface area contributed by atoms with Crippen molar-refractivity contribution in [2.24, 2.45) is 0 Å². The molecule has 0 aromatic carbocycles. The molecule has 0 aromatic heterocycles. The molecule has 1 rings (SSSR count). The molecule has 1 aliphatic heterocycles. The molecule has 8 heteroatoms. The number of carbonyl (C=O) groups is 3. The minimum absolute atomic E-state index is 0.00488. The van der Waals surface area contributed by atoms with Crippen LogP contribution in [0.4, 0.5) is 4.79 Å². The molecule has 3 amide bonds. The van der Waals surface area contributed by atoms with Crippen LogP contribution in [0.5, 0.6) is 0 Å². The van der Waals surface area contributed by atoms with Crippen LogP contribution >= 0.6 is 0 Å². The molecule has 8 nitrogen and oxygen atoms in total. The van der Waals surface area contributed by atoms with Crippen molar-refractivity contribution in [3.05, 3.63) is 0 Å². The van der Waals surface area contributed by atoms with Crippen LogP contribution in [-0.2, 0) is 14.3 Å². The molecule has 2 N–H and O–H groups in total. The van der Waals surface area contributed by atoms with Gasteiger partial charge in [-0.25, -0.2) is 9.59 Å². The Balaban J connectivity index is 2.47. The molecular formula is C12H21N3O5. The minimum atomic E-state index is -1.09. The maximum absolute atomic E-state index is 12.1. The number of hydrogen-bond acceptors (Lipinski definition) is 4. The van der Waals surface area contributed by atoms with Gasteiger partial charge in [-0.2, -0.15) is 0 Å². The SMILES string of the molecule is CCCNC(=O)CN(C)C(=O)N1CCOC(C(=O)O)C1. The predicted octanol–water partition coefficient (Wildman–Crippen LogP) is -0.650. The average molecular weight is 287 g/mol. The minimum Gasteiger partial charge on any atom is -0.479 e. The number of morpholine rings is 1. The summed E-state index contributed by atoms with van der Waals surface area (Å²) in [5.74, 6) is -1.32. The number of ether oxygens (including phenoxy) is 1. The lowest BCUT2D eigenvalue weighted by atomic mass is 10.3. The van der Waals surface area contributed by atoms with E-state index in [1.165, 1.54) is 16.8 Å². The summed E-state index contributed by atoms with van der Waals surface area (Å²) < 4.78 is 5.04. The van der Waals surface area contributed by atoms with Gasteiger partial charge in [0.05, 0.1) is 13.2 Å². The predicted molar refractivity (Wildman–Crippen MR) is 70.3 cm³/mol. The number of urea groups is 1. The third-order valence-corrected chi connectivity index (χ3v) is 2.89. The van der Waals surface area contributed by atoms with E-state index in [2.05, 4.69) is 5.32 Å². The van der Waals surface area contributed by atoms with Crippen LogP contribution in [0.3, 0.4) is 0 Å². The number of aliphatic carboxylic acids is 1. The fourth-order valence-corrected chi connectivity index (χ4v) is 1.82. The van der Waals surface area contributed by atoms with Gasteiger partial charge in [-0.05, 0) is 6.42 Å². The van der Waals surface area contributed by atoms with E-state index >= 15 is 0 Å². The molecule has 20 heavy (non-hydrogen) atoms. The molecule has 1 saturated heterocycles. The van der Waals surface area contributed by atoms with Crippen LogP contribution in [0.15, 0.2) is 0 Å². The topological polar surface area (TPSA) is 99.2 Å². The molecular weight excluding hydrogens is 266 g/mol. The van der Waals surface area contributed by atoms with Gasteiger partial charge in [0.2, 0.25) is 5.91 Å². The number of carboxylic acids is 1. The molecule has 114 valence electrons. The maximum Gasteiger partial charge on any atom is 0.334 e.